The van der Waals surface area contributed by atoms with E-state index in [0.717, 1.165) is 18.6 Å². The zero-order chi connectivity index (χ0) is 5.98. The molecule has 0 heterocycles. The zero-order valence-electron chi connectivity index (χ0n) is 5.20. The molecule has 0 unspecified atom stereocenters. The summed E-state index contributed by atoms with van der Waals surface area (Å²) in [6.45, 7) is 2.03. The molecular formula is C7H11N. The predicted octanol–water partition coefficient (Wildman–Crippen LogP) is 2.14. The van der Waals surface area contributed by atoms with Crippen molar-refractivity contribution in [2.45, 2.75) is 26.2 Å². The van der Waals surface area contributed by atoms with Crippen LogP contribution >= 0.6 is 0 Å². The Morgan fingerprint density at radius 2 is 2.50 bits per heavy atom. The van der Waals surface area contributed by atoms with Crippen LogP contribution < -0.4 is 0 Å². The van der Waals surface area contributed by atoms with Gasteiger partial charge in [-0.25, -0.2) is 0 Å². The molecule has 0 radical (unpaired) electrons. The van der Waals surface area contributed by atoms with Crippen molar-refractivity contribution in [2.75, 3.05) is 0 Å². The standard InChI is InChI=1S/C7H11N/c1-2-7(8)5-6-3-4-6/h3,8H,2,4-5H2,1H3. The van der Waals surface area contributed by atoms with Gasteiger partial charge in [-0.1, -0.05) is 18.6 Å². The Balaban J connectivity index is 2.17. The van der Waals surface area contributed by atoms with E-state index in [2.05, 4.69) is 6.08 Å². The van der Waals surface area contributed by atoms with Crippen molar-refractivity contribution in [1.29, 1.82) is 5.41 Å². The summed E-state index contributed by atoms with van der Waals surface area (Å²) < 4.78 is 0. The van der Waals surface area contributed by atoms with E-state index in [0.29, 0.717) is 0 Å². The van der Waals surface area contributed by atoms with Crippen LogP contribution in [0, 0.1) is 5.41 Å². The van der Waals surface area contributed by atoms with E-state index in [-0.39, 0.29) is 0 Å². The Bertz CT molecular complexity index is 133. The van der Waals surface area contributed by atoms with E-state index in [9.17, 15) is 0 Å². The lowest BCUT2D eigenvalue weighted by Gasteiger charge is -1.91. The summed E-state index contributed by atoms with van der Waals surface area (Å²) >= 11 is 0. The molecule has 0 aromatic heterocycles. The second kappa shape index (κ2) is 2.12. The van der Waals surface area contributed by atoms with Gasteiger partial charge in [0, 0.05) is 12.1 Å². The first-order valence-electron chi connectivity index (χ1n) is 3.07. The van der Waals surface area contributed by atoms with Crippen LogP contribution in [0.3, 0.4) is 0 Å². The third-order valence-corrected chi connectivity index (χ3v) is 1.36. The fraction of sp³-hybridized carbons (Fsp3) is 0.571. The Kier molecular flexibility index (Phi) is 1.47. The van der Waals surface area contributed by atoms with Gasteiger partial charge in [-0.2, -0.15) is 0 Å². The monoisotopic (exact) mass is 109 g/mol. The van der Waals surface area contributed by atoms with Gasteiger partial charge in [0.1, 0.15) is 0 Å². The van der Waals surface area contributed by atoms with Gasteiger partial charge in [-0.15, -0.1) is 0 Å². The minimum Gasteiger partial charge on any atom is -0.309 e. The molecule has 0 fully saturated rings. The second-order valence-electron chi connectivity index (χ2n) is 2.20. The lowest BCUT2D eigenvalue weighted by Crippen LogP contribution is -1.90. The smallest absolute Gasteiger partial charge is 0.0127 e. The fourth-order valence-electron chi connectivity index (χ4n) is 0.616. The molecule has 0 amide bonds. The Morgan fingerprint density at radius 3 is 2.88 bits per heavy atom. The van der Waals surface area contributed by atoms with Crippen LogP contribution in [0.4, 0.5) is 0 Å². The summed E-state index contributed by atoms with van der Waals surface area (Å²) in [5.74, 6) is 0. The molecule has 8 heavy (non-hydrogen) atoms. The molecule has 0 aliphatic heterocycles. The molecule has 1 aliphatic rings. The van der Waals surface area contributed by atoms with Gasteiger partial charge in [-0.3, -0.25) is 0 Å². The van der Waals surface area contributed by atoms with Gasteiger partial charge in [0.25, 0.3) is 0 Å². The molecule has 1 heteroatoms. The predicted molar refractivity (Wildman–Crippen MR) is 35.3 cm³/mol. The maximum absolute atomic E-state index is 7.27. The van der Waals surface area contributed by atoms with E-state index >= 15 is 0 Å². The SMILES string of the molecule is CCC(=N)CC1=CC1. The summed E-state index contributed by atoms with van der Waals surface area (Å²) in [4.78, 5) is 0. The van der Waals surface area contributed by atoms with E-state index in [1.54, 1.807) is 0 Å². The highest BCUT2D eigenvalue weighted by Crippen LogP contribution is 2.22. The molecule has 0 aromatic rings. The molecule has 44 valence electrons. The fourth-order valence-corrected chi connectivity index (χ4v) is 0.616. The average molecular weight is 109 g/mol. The van der Waals surface area contributed by atoms with E-state index in [4.69, 9.17) is 5.41 Å². The van der Waals surface area contributed by atoms with Crippen LogP contribution in [0.15, 0.2) is 11.6 Å². The van der Waals surface area contributed by atoms with Gasteiger partial charge >= 0.3 is 0 Å². The lowest BCUT2D eigenvalue weighted by atomic mass is 10.2. The number of rotatable bonds is 3. The molecule has 0 aromatic carbocycles. The van der Waals surface area contributed by atoms with Gasteiger partial charge in [0.2, 0.25) is 0 Å². The van der Waals surface area contributed by atoms with Crippen molar-refractivity contribution in [2.24, 2.45) is 0 Å². The largest absolute Gasteiger partial charge is 0.309 e. The maximum Gasteiger partial charge on any atom is 0.0127 e. The van der Waals surface area contributed by atoms with Crippen molar-refractivity contribution in [1.82, 2.24) is 0 Å². The van der Waals surface area contributed by atoms with Crippen molar-refractivity contribution < 1.29 is 0 Å². The molecule has 0 spiro atoms. The highest BCUT2D eigenvalue weighted by molar-refractivity contribution is 5.84. The van der Waals surface area contributed by atoms with Crippen molar-refractivity contribution in [3.63, 3.8) is 0 Å². The van der Waals surface area contributed by atoms with Crippen LogP contribution in [0.5, 0.6) is 0 Å². The molecule has 0 saturated heterocycles. The number of allylic oxidation sites excluding steroid dienone is 2. The Morgan fingerprint density at radius 1 is 1.88 bits per heavy atom. The van der Waals surface area contributed by atoms with Crippen LogP contribution in [0.2, 0.25) is 0 Å². The normalized spacial score (nSPS) is 15.4. The van der Waals surface area contributed by atoms with Crippen molar-refractivity contribution >= 4 is 5.71 Å². The quantitative estimate of drug-likeness (QED) is 0.424. The summed E-state index contributed by atoms with van der Waals surface area (Å²) in [5, 5.41) is 7.27. The first kappa shape index (κ1) is 5.54. The lowest BCUT2D eigenvalue weighted by molar-refractivity contribution is 1.16. The summed E-state index contributed by atoms with van der Waals surface area (Å²) in [7, 11) is 0. The van der Waals surface area contributed by atoms with Gasteiger partial charge in [0.05, 0.1) is 0 Å². The third-order valence-electron chi connectivity index (χ3n) is 1.36. The average Bonchev–Trinajstić information content (AvgIpc) is 2.50. The minimum atomic E-state index is 0.869. The highest BCUT2D eigenvalue weighted by atomic mass is 14.4. The minimum absolute atomic E-state index is 0.869. The molecular weight excluding hydrogens is 98.1 g/mol. The van der Waals surface area contributed by atoms with Crippen LogP contribution in [0.1, 0.15) is 26.2 Å². The molecule has 0 atom stereocenters. The topological polar surface area (TPSA) is 23.9 Å². The summed E-state index contributed by atoms with van der Waals surface area (Å²) in [6.07, 6.45) is 5.21. The van der Waals surface area contributed by atoms with Crippen LogP contribution in [-0.2, 0) is 0 Å². The Hall–Kier alpha value is -0.590. The van der Waals surface area contributed by atoms with Gasteiger partial charge < -0.3 is 5.41 Å². The molecule has 0 saturated carbocycles. The van der Waals surface area contributed by atoms with E-state index in [1.165, 1.54) is 12.0 Å². The summed E-state index contributed by atoms with van der Waals surface area (Å²) in [6, 6.07) is 0. The molecule has 1 aliphatic carbocycles. The van der Waals surface area contributed by atoms with Gasteiger partial charge in [-0.05, 0) is 12.8 Å². The molecule has 1 nitrogen and oxygen atoms in total. The third kappa shape index (κ3) is 1.49. The number of nitrogens with one attached hydrogen (secondary N) is 1. The number of hydrogen-bond acceptors (Lipinski definition) is 1. The van der Waals surface area contributed by atoms with Crippen molar-refractivity contribution in [3.05, 3.63) is 11.6 Å². The maximum atomic E-state index is 7.27. The zero-order valence-corrected chi connectivity index (χ0v) is 5.20. The van der Waals surface area contributed by atoms with E-state index in [1.807, 2.05) is 6.92 Å². The highest BCUT2D eigenvalue weighted by Gasteiger charge is 2.07. The molecule has 0 bridgehead atoms. The van der Waals surface area contributed by atoms with Crippen LogP contribution in [0.25, 0.3) is 0 Å². The van der Waals surface area contributed by atoms with Crippen LogP contribution in [-0.4, -0.2) is 5.71 Å². The first-order chi connectivity index (χ1) is 3.83. The van der Waals surface area contributed by atoms with E-state index < -0.39 is 0 Å². The Labute approximate surface area is 49.9 Å². The first-order valence-corrected chi connectivity index (χ1v) is 3.07. The molecule has 1 N–H and O–H groups in total. The second-order valence-corrected chi connectivity index (χ2v) is 2.20. The summed E-state index contributed by atoms with van der Waals surface area (Å²) in [5.41, 5.74) is 2.32. The molecule has 1 rings (SSSR count). The van der Waals surface area contributed by atoms with Crippen molar-refractivity contribution in [3.8, 4) is 0 Å². The number of hydrogen-bond donors (Lipinski definition) is 1. The van der Waals surface area contributed by atoms with Gasteiger partial charge in [0.15, 0.2) is 0 Å².